The third-order valence-electron chi connectivity index (χ3n) is 1.28. The van der Waals surface area contributed by atoms with Crippen LogP contribution in [0.25, 0.3) is 0 Å². The standard InChI is InChI=1S/C8H8IOS/c1-11-8-3-6(5-10)2-7(9)4-8/h2-5,10H,1H3. The minimum atomic E-state index is 0.862. The molecule has 0 saturated carbocycles. The van der Waals surface area contributed by atoms with Crippen LogP contribution in [0.2, 0.25) is 0 Å². The van der Waals surface area contributed by atoms with Gasteiger partial charge in [0.2, 0.25) is 0 Å². The van der Waals surface area contributed by atoms with Crippen LogP contribution >= 0.6 is 34.4 Å². The Hall–Kier alpha value is 0.260. The van der Waals surface area contributed by atoms with Crippen molar-refractivity contribution in [1.82, 2.24) is 0 Å². The van der Waals surface area contributed by atoms with Crippen LogP contribution in [0.5, 0.6) is 0 Å². The molecule has 0 aliphatic rings. The minimum absolute atomic E-state index is 0.862. The average molecular weight is 279 g/mol. The normalized spacial score (nSPS) is 10.1. The maximum atomic E-state index is 8.74. The third-order valence-corrected chi connectivity index (χ3v) is 2.61. The Balaban J connectivity index is 3.02. The zero-order valence-electron chi connectivity index (χ0n) is 6.04. The van der Waals surface area contributed by atoms with E-state index in [0.29, 0.717) is 0 Å². The third kappa shape index (κ3) is 2.65. The second-order valence-corrected chi connectivity index (χ2v) is 4.18. The molecule has 11 heavy (non-hydrogen) atoms. The molecule has 1 aromatic carbocycles. The van der Waals surface area contributed by atoms with Crippen LogP contribution in [0.3, 0.4) is 0 Å². The largest absolute Gasteiger partial charge is 0.385 e. The van der Waals surface area contributed by atoms with Gasteiger partial charge in [-0.2, -0.15) is 0 Å². The lowest BCUT2D eigenvalue weighted by molar-refractivity contribution is 0.414. The van der Waals surface area contributed by atoms with Gasteiger partial charge >= 0.3 is 0 Å². The molecule has 3 heteroatoms. The first-order valence-electron chi connectivity index (χ1n) is 3.08. The predicted octanol–water partition coefficient (Wildman–Crippen LogP) is 2.90. The molecule has 0 aromatic heterocycles. The van der Waals surface area contributed by atoms with Gasteiger partial charge in [0.1, 0.15) is 6.61 Å². The van der Waals surface area contributed by atoms with Crippen LogP contribution in [0.4, 0.5) is 0 Å². The van der Waals surface area contributed by atoms with Gasteiger partial charge in [-0.3, -0.25) is 0 Å². The van der Waals surface area contributed by atoms with Crippen LogP contribution in [0.15, 0.2) is 23.1 Å². The molecule has 0 bridgehead atoms. The summed E-state index contributed by atoms with van der Waals surface area (Å²) in [7, 11) is 0. The van der Waals surface area contributed by atoms with Gasteiger partial charge in [0.15, 0.2) is 0 Å². The van der Waals surface area contributed by atoms with Crippen LogP contribution in [0.1, 0.15) is 5.56 Å². The van der Waals surface area contributed by atoms with E-state index in [-0.39, 0.29) is 0 Å². The SMILES string of the molecule is CSc1cc(I)cc([CH]O)c1. The van der Waals surface area contributed by atoms with Crippen molar-refractivity contribution in [3.63, 3.8) is 0 Å². The number of halogens is 1. The van der Waals surface area contributed by atoms with E-state index in [1.54, 1.807) is 11.8 Å². The molecule has 0 unspecified atom stereocenters. The number of hydrogen-bond donors (Lipinski definition) is 1. The van der Waals surface area contributed by atoms with Crippen molar-refractivity contribution in [3.05, 3.63) is 33.9 Å². The first kappa shape index (κ1) is 9.35. The Kier molecular flexibility index (Phi) is 3.68. The zero-order valence-corrected chi connectivity index (χ0v) is 9.02. The van der Waals surface area contributed by atoms with Crippen molar-refractivity contribution in [2.45, 2.75) is 4.90 Å². The average Bonchev–Trinajstić information content (AvgIpc) is 2.03. The molecule has 0 fully saturated rings. The van der Waals surface area contributed by atoms with E-state index in [0.717, 1.165) is 15.7 Å². The van der Waals surface area contributed by atoms with Crippen LogP contribution in [0, 0.1) is 10.2 Å². The molecule has 0 spiro atoms. The maximum Gasteiger partial charge on any atom is 0.109 e. The molecule has 0 saturated heterocycles. The Morgan fingerprint density at radius 1 is 1.45 bits per heavy atom. The van der Waals surface area contributed by atoms with Crippen molar-refractivity contribution < 1.29 is 5.11 Å². The van der Waals surface area contributed by atoms with Crippen molar-refractivity contribution in [2.75, 3.05) is 6.26 Å². The molecular formula is C8H8IOS. The van der Waals surface area contributed by atoms with Gasteiger partial charge in [-0.05, 0) is 52.6 Å². The number of rotatable bonds is 2. The van der Waals surface area contributed by atoms with E-state index in [1.807, 2.05) is 18.4 Å². The molecule has 0 aliphatic heterocycles. The van der Waals surface area contributed by atoms with Gasteiger partial charge in [-0.15, -0.1) is 11.8 Å². The summed E-state index contributed by atoms with van der Waals surface area (Å²) in [6.45, 7) is 1.13. The highest BCUT2D eigenvalue weighted by atomic mass is 127. The van der Waals surface area contributed by atoms with Crippen molar-refractivity contribution in [1.29, 1.82) is 0 Å². The molecule has 1 nitrogen and oxygen atoms in total. The number of hydrogen-bond acceptors (Lipinski definition) is 2. The minimum Gasteiger partial charge on any atom is -0.385 e. The monoisotopic (exact) mass is 279 g/mol. The van der Waals surface area contributed by atoms with E-state index < -0.39 is 0 Å². The second kappa shape index (κ2) is 4.33. The molecule has 0 aliphatic carbocycles. The molecule has 59 valence electrons. The Morgan fingerprint density at radius 2 is 2.18 bits per heavy atom. The molecular weight excluding hydrogens is 271 g/mol. The van der Waals surface area contributed by atoms with Crippen molar-refractivity contribution in [2.24, 2.45) is 0 Å². The highest BCUT2D eigenvalue weighted by Gasteiger charge is 1.96. The molecule has 0 atom stereocenters. The zero-order chi connectivity index (χ0) is 8.27. The van der Waals surface area contributed by atoms with Crippen molar-refractivity contribution in [3.8, 4) is 0 Å². The first-order chi connectivity index (χ1) is 5.26. The summed E-state index contributed by atoms with van der Waals surface area (Å²) in [5.74, 6) is 0. The number of benzene rings is 1. The molecule has 0 amide bonds. The summed E-state index contributed by atoms with van der Waals surface area (Å²) in [5, 5.41) is 8.74. The number of aliphatic hydroxyl groups is 1. The van der Waals surface area contributed by atoms with Gasteiger partial charge < -0.3 is 5.11 Å². The predicted molar refractivity (Wildman–Crippen MR) is 56.3 cm³/mol. The molecule has 1 N–H and O–H groups in total. The highest BCUT2D eigenvalue weighted by molar-refractivity contribution is 14.1. The molecule has 1 radical (unpaired) electrons. The Bertz CT molecular complexity index is 228. The summed E-state index contributed by atoms with van der Waals surface area (Å²) in [6, 6.07) is 5.96. The van der Waals surface area contributed by atoms with Gasteiger partial charge in [-0.25, -0.2) is 0 Å². The second-order valence-electron chi connectivity index (χ2n) is 2.05. The van der Waals surface area contributed by atoms with E-state index >= 15 is 0 Å². The molecule has 0 heterocycles. The number of aliphatic hydroxyl groups excluding tert-OH is 1. The topological polar surface area (TPSA) is 20.2 Å². The van der Waals surface area contributed by atoms with Gasteiger partial charge in [0, 0.05) is 8.47 Å². The fraction of sp³-hybridized carbons (Fsp3) is 0.125. The lowest BCUT2D eigenvalue weighted by Gasteiger charge is -2.00. The Morgan fingerprint density at radius 3 is 2.73 bits per heavy atom. The summed E-state index contributed by atoms with van der Waals surface area (Å²) in [6.07, 6.45) is 2.02. The van der Waals surface area contributed by atoms with E-state index in [2.05, 4.69) is 28.7 Å². The van der Waals surface area contributed by atoms with Gasteiger partial charge in [-0.1, -0.05) is 0 Å². The maximum absolute atomic E-state index is 8.74. The van der Waals surface area contributed by atoms with Crippen molar-refractivity contribution >= 4 is 34.4 Å². The van der Waals surface area contributed by atoms with Crippen LogP contribution < -0.4 is 0 Å². The van der Waals surface area contributed by atoms with E-state index in [9.17, 15) is 0 Å². The first-order valence-corrected chi connectivity index (χ1v) is 5.38. The molecule has 1 aromatic rings. The summed E-state index contributed by atoms with van der Waals surface area (Å²) >= 11 is 3.91. The Labute approximate surface area is 84.3 Å². The fourth-order valence-electron chi connectivity index (χ4n) is 0.777. The van der Waals surface area contributed by atoms with Gasteiger partial charge in [0.05, 0.1) is 0 Å². The molecule has 1 rings (SSSR count). The summed E-state index contributed by atoms with van der Waals surface area (Å²) in [4.78, 5) is 1.18. The van der Waals surface area contributed by atoms with Crippen LogP contribution in [-0.4, -0.2) is 11.4 Å². The summed E-state index contributed by atoms with van der Waals surface area (Å²) < 4.78 is 1.15. The summed E-state index contributed by atoms with van der Waals surface area (Å²) in [5.41, 5.74) is 0.862. The highest BCUT2D eigenvalue weighted by Crippen LogP contribution is 2.20. The lowest BCUT2D eigenvalue weighted by Crippen LogP contribution is -1.82. The number of thioether (sulfide) groups is 1. The van der Waals surface area contributed by atoms with E-state index in [1.165, 1.54) is 4.90 Å². The van der Waals surface area contributed by atoms with Crippen LogP contribution in [-0.2, 0) is 0 Å². The smallest absolute Gasteiger partial charge is 0.109 e. The fourth-order valence-corrected chi connectivity index (χ4v) is 2.18. The quantitative estimate of drug-likeness (QED) is 0.663. The van der Waals surface area contributed by atoms with Gasteiger partial charge in [0.25, 0.3) is 0 Å². The lowest BCUT2D eigenvalue weighted by atomic mass is 10.2. The van der Waals surface area contributed by atoms with E-state index in [4.69, 9.17) is 5.11 Å².